The molecule has 0 saturated heterocycles. The fraction of sp³-hybridized carbons (Fsp3) is 0.429. The number of aliphatic carboxylic acids is 1. The summed E-state index contributed by atoms with van der Waals surface area (Å²) in [6.07, 6.45) is 0.362. The molecule has 2 amide bonds. The highest BCUT2D eigenvalue weighted by Crippen LogP contribution is 2.16. The van der Waals surface area contributed by atoms with Gasteiger partial charge in [0.15, 0.2) is 6.10 Å². The molecular weight excluding hydrogens is 260 g/mol. The van der Waals surface area contributed by atoms with Gasteiger partial charge in [-0.2, -0.15) is 0 Å². The second-order valence-corrected chi connectivity index (χ2v) is 4.43. The van der Waals surface area contributed by atoms with E-state index in [-0.39, 0.29) is 13.0 Å². The minimum atomic E-state index is -1.46. The van der Waals surface area contributed by atoms with Gasteiger partial charge in [0.1, 0.15) is 0 Å². The summed E-state index contributed by atoms with van der Waals surface area (Å²) in [7, 11) is 0. The number of aliphatic hydroxyl groups is 1. The molecule has 0 saturated carbocycles. The van der Waals surface area contributed by atoms with Crippen LogP contribution >= 0.6 is 0 Å². The third-order valence-corrected chi connectivity index (χ3v) is 2.77. The van der Waals surface area contributed by atoms with Crippen LogP contribution in [0.4, 0.5) is 10.5 Å². The van der Waals surface area contributed by atoms with Crippen LogP contribution in [0, 0.1) is 0 Å². The molecule has 20 heavy (non-hydrogen) atoms. The normalized spacial score (nSPS) is 11.7. The number of benzene rings is 1. The van der Waals surface area contributed by atoms with Gasteiger partial charge in [0.25, 0.3) is 0 Å². The maximum atomic E-state index is 11.7. The Morgan fingerprint density at radius 3 is 2.65 bits per heavy atom. The van der Waals surface area contributed by atoms with Crippen LogP contribution in [0.3, 0.4) is 0 Å². The Bertz CT molecular complexity index is 462. The summed E-state index contributed by atoms with van der Waals surface area (Å²) in [5, 5.41) is 22.8. The Hall–Kier alpha value is -2.08. The van der Waals surface area contributed by atoms with Crippen molar-refractivity contribution in [2.24, 2.45) is 0 Å². The fourth-order valence-corrected chi connectivity index (χ4v) is 1.74. The first-order valence-electron chi connectivity index (χ1n) is 6.58. The van der Waals surface area contributed by atoms with E-state index in [2.05, 4.69) is 17.6 Å². The zero-order chi connectivity index (χ0) is 15.0. The predicted molar refractivity (Wildman–Crippen MR) is 75.7 cm³/mol. The van der Waals surface area contributed by atoms with E-state index in [0.717, 1.165) is 24.1 Å². The largest absolute Gasteiger partial charge is 0.479 e. The monoisotopic (exact) mass is 280 g/mol. The molecule has 0 radical (unpaired) electrons. The van der Waals surface area contributed by atoms with E-state index < -0.39 is 18.1 Å². The van der Waals surface area contributed by atoms with Crippen LogP contribution < -0.4 is 10.6 Å². The van der Waals surface area contributed by atoms with Gasteiger partial charge < -0.3 is 20.8 Å². The minimum Gasteiger partial charge on any atom is -0.479 e. The number of carbonyl (C=O) groups is 2. The molecule has 0 aliphatic carbocycles. The van der Waals surface area contributed by atoms with Gasteiger partial charge in [-0.15, -0.1) is 0 Å². The number of carboxylic acids is 1. The van der Waals surface area contributed by atoms with Crippen LogP contribution in [0.5, 0.6) is 0 Å². The zero-order valence-electron chi connectivity index (χ0n) is 11.4. The number of anilines is 1. The number of urea groups is 1. The number of hydrogen-bond donors (Lipinski definition) is 4. The molecule has 6 nitrogen and oxygen atoms in total. The van der Waals surface area contributed by atoms with Gasteiger partial charge in [-0.25, -0.2) is 9.59 Å². The van der Waals surface area contributed by atoms with Crippen LogP contribution in [-0.2, 0) is 11.2 Å². The lowest BCUT2D eigenvalue weighted by molar-refractivity contribution is -0.146. The quantitative estimate of drug-likeness (QED) is 0.609. The Balaban J connectivity index is 2.44. The third-order valence-electron chi connectivity index (χ3n) is 2.77. The number of rotatable bonds is 7. The third kappa shape index (κ3) is 5.27. The molecule has 0 aromatic heterocycles. The maximum Gasteiger partial charge on any atom is 0.332 e. The molecule has 110 valence electrons. The molecule has 0 unspecified atom stereocenters. The summed E-state index contributed by atoms with van der Waals surface area (Å²) in [6, 6.07) is 7.11. The van der Waals surface area contributed by atoms with Crippen molar-refractivity contribution in [3.63, 3.8) is 0 Å². The van der Waals surface area contributed by atoms with E-state index in [4.69, 9.17) is 10.2 Å². The summed E-state index contributed by atoms with van der Waals surface area (Å²) >= 11 is 0. The van der Waals surface area contributed by atoms with E-state index in [1.54, 1.807) is 0 Å². The second-order valence-electron chi connectivity index (χ2n) is 4.43. The van der Waals surface area contributed by atoms with Crippen molar-refractivity contribution in [3.05, 3.63) is 29.8 Å². The zero-order valence-corrected chi connectivity index (χ0v) is 11.4. The maximum absolute atomic E-state index is 11.7. The lowest BCUT2D eigenvalue weighted by Gasteiger charge is -2.12. The van der Waals surface area contributed by atoms with Gasteiger partial charge in [0.05, 0.1) is 0 Å². The highest BCUT2D eigenvalue weighted by Gasteiger charge is 2.13. The SMILES string of the molecule is CCCc1ccccc1NC(=O)NCC[C@H](O)C(=O)O. The van der Waals surface area contributed by atoms with E-state index in [1.165, 1.54) is 0 Å². The molecule has 4 N–H and O–H groups in total. The van der Waals surface area contributed by atoms with Gasteiger partial charge in [0.2, 0.25) is 0 Å². The summed E-state index contributed by atoms with van der Waals surface area (Å²) in [4.78, 5) is 22.1. The van der Waals surface area contributed by atoms with Crippen molar-refractivity contribution in [2.45, 2.75) is 32.3 Å². The summed E-state index contributed by atoms with van der Waals surface area (Å²) < 4.78 is 0. The van der Waals surface area contributed by atoms with Gasteiger partial charge in [0, 0.05) is 18.7 Å². The van der Waals surface area contributed by atoms with Crippen molar-refractivity contribution in [1.29, 1.82) is 0 Å². The van der Waals surface area contributed by atoms with Crippen molar-refractivity contribution >= 4 is 17.7 Å². The standard InChI is InChI=1S/C14H20N2O4/c1-2-5-10-6-3-4-7-11(10)16-14(20)15-9-8-12(17)13(18)19/h3-4,6-7,12,17H,2,5,8-9H2,1H3,(H,18,19)(H2,15,16,20)/t12-/m0/s1. The summed E-state index contributed by atoms with van der Waals surface area (Å²) in [5.41, 5.74) is 1.79. The van der Waals surface area contributed by atoms with Crippen LogP contribution in [0.2, 0.25) is 0 Å². The molecule has 6 heteroatoms. The summed E-state index contributed by atoms with van der Waals surface area (Å²) in [5.74, 6) is -1.29. The molecule has 1 aromatic rings. The number of hydrogen-bond acceptors (Lipinski definition) is 3. The first-order valence-corrected chi connectivity index (χ1v) is 6.58. The Morgan fingerprint density at radius 2 is 2.00 bits per heavy atom. The van der Waals surface area contributed by atoms with Crippen LogP contribution in [0.1, 0.15) is 25.3 Å². The smallest absolute Gasteiger partial charge is 0.332 e. The average molecular weight is 280 g/mol. The van der Waals surface area contributed by atoms with Crippen molar-refractivity contribution < 1.29 is 19.8 Å². The average Bonchev–Trinajstić information content (AvgIpc) is 2.41. The van der Waals surface area contributed by atoms with Crippen LogP contribution in [0.15, 0.2) is 24.3 Å². The van der Waals surface area contributed by atoms with Gasteiger partial charge in [-0.05, 0) is 18.1 Å². The molecule has 0 bridgehead atoms. The van der Waals surface area contributed by atoms with Gasteiger partial charge in [-0.1, -0.05) is 31.5 Å². The predicted octanol–water partition coefficient (Wildman–Crippen LogP) is 1.60. The number of aryl methyl sites for hydroxylation is 1. The molecule has 1 aromatic carbocycles. The highest BCUT2D eigenvalue weighted by atomic mass is 16.4. The van der Waals surface area contributed by atoms with E-state index in [0.29, 0.717) is 0 Å². The molecule has 0 fully saturated rings. The van der Waals surface area contributed by atoms with Gasteiger partial charge in [-0.3, -0.25) is 0 Å². The Kier molecular flexibility index (Phi) is 6.52. The van der Waals surface area contributed by atoms with E-state index in [9.17, 15) is 9.59 Å². The number of para-hydroxylation sites is 1. The number of nitrogens with one attached hydrogen (secondary N) is 2. The van der Waals surface area contributed by atoms with Crippen molar-refractivity contribution in [1.82, 2.24) is 5.32 Å². The topological polar surface area (TPSA) is 98.7 Å². The molecule has 1 atom stereocenters. The molecule has 0 spiro atoms. The number of amides is 2. The van der Waals surface area contributed by atoms with Gasteiger partial charge >= 0.3 is 12.0 Å². The molecular formula is C14H20N2O4. The van der Waals surface area contributed by atoms with Crippen LogP contribution in [0.25, 0.3) is 0 Å². The lowest BCUT2D eigenvalue weighted by Crippen LogP contribution is -2.33. The van der Waals surface area contributed by atoms with Crippen LogP contribution in [-0.4, -0.2) is 34.9 Å². The molecule has 0 aliphatic rings. The number of aliphatic hydroxyl groups excluding tert-OH is 1. The minimum absolute atomic E-state index is 0.0284. The van der Waals surface area contributed by atoms with E-state index in [1.807, 2.05) is 24.3 Å². The van der Waals surface area contributed by atoms with Crippen molar-refractivity contribution in [2.75, 3.05) is 11.9 Å². The highest BCUT2D eigenvalue weighted by molar-refractivity contribution is 5.90. The fourth-order valence-electron chi connectivity index (χ4n) is 1.74. The first kappa shape index (κ1) is 16.0. The first-order chi connectivity index (χ1) is 9.54. The van der Waals surface area contributed by atoms with Crippen molar-refractivity contribution in [3.8, 4) is 0 Å². The number of carboxylic acid groups (broad SMARTS) is 1. The van der Waals surface area contributed by atoms with E-state index >= 15 is 0 Å². The Labute approximate surface area is 117 Å². The summed E-state index contributed by atoms with van der Waals surface area (Å²) in [6.45, 7) is 2.15. The molecule has 1 rings (SSSR count). The molecule has 0 aliphatic heterocycles. The Morgan fingerprint density at radius 1 is 1.30 bits per heavy atom. The molecule has 0 heterocycles. The number of carbonyl (C=O) groups excluding carboxylic acids is 1. The lowest BCUT2D eigenvalue weighted by atomic mass is 10.1. The second kappa shape index (κ2) is 8.16.